The monoisotopic (exact) mass is 525 g/mol. The molecule has 0 spiro atoms. The summed E-state index contributed by atoms with van der Waals surface area (Å²) in [6, 6.07) is 13.8. The SMILES string of the molecule is Cc1cccc2c1nc(COc1ccc(Cl)cc1)n2CCCCCC1CCCN(C(=O)OC(C)(C)C)C1. The summed E-state index contributed by atoms with van der Waals surface area (Å²) < 4.78 is 13.9. The molecular weight excluding hydrogens is 486 g/mol. The van der Waals surface area contributed by atoms with Gasteiger partial charge in [-0.25, -0.2) is 9.78 Å². The molecule has 1 aliphatic heterocycles. The number of nitrogens with zero attached hydrogens (tertiary/aromatic N) is 3. The van der Waals surface area contributed by atoms with Gasteiger partial charge in [-0.3, -0.25) is 0 Å². The van der Waals surface area contributed by atoms with Gasteiger partial charge in [0.2, 0.25) is 0 Å². The fourth-order valence-electron chi connectivity index (χ4n) is 5.05. The van der Waals surface area contributed by atoms with Crippen molar-refractivity contribution in [1.29, 1.82) is 0 Å². The molecule has 1 saturated heterocycles. The second kappa shape index (κ2) is 12.2. The van der Waals surface area contributed by atoms with Gasteiger partial charge in [-0.15, -0.1) is 0 Å². The van der Waals surface area contributed by atoms with Crippen molar-refractivity contribution in [1.82, 2.24) is 14.5 Å². The Balaban J connectivity index is 1.30. The minimum atomic E-state index is -0.446. The number of hydrogen-bond acceptors (Lipinski definition) is 4. The maximum atomic E-state index is 12.5. The summed E-state index contributed by atoms with van der Waals surface area (Å²) in [5.41, 5.74) is 2.94. The van der Waals surface area contributed by atoms with Crippen LogP contribution in [0.15, 0.2) is 42.5 Å². The highest BCUT2D eigenvalue weighted by Gasteiger charge is 2.27. The van der Waals surface area contributed by atoms with Crippen LogP contribution in [0.1, 0.15) is 70.7 Å². The number of para-hydroxylation sites is 1. The summed E-state index contributed by atoms with van der Waals surface area (Å²) in [5, 5.41) is 0.695. The van der Waals surface area contributed by atoms with Gasteiger partial charge in [0.25, 0.3) is 0 Å². The third-order valence-electron chi connectivity index (χ3n) is 6.91. The molecule has 0 aliphatic carbocycles. The smallest absolute Gasteiger partial charge is 0.410 e. The fraction of sp³-hybridized carbons (Fsp3) is 0.533. The predicted molar refractivity (Wildman–Crippen MR) is 149 cm³/mol. The first-order valence-electron chi connectivity index (χ1n) is 13.5. The quantitative estimate of drug-likeness (QED) is 0.267. The zero-order valence-electron chi connectivity index (χ0n) is 22.6. The van der Waals surface area contributed by atoms with Crippen molar-refractivity contribution in [3.8, 4) is 5.75 Å². The van der Waals surface area contributed by atoms with Gasteiger partial charge in [-0.05, 0) is 95.2 Å². The standard InChI is InChI=1S/C30H40ClN3O3/c1-22-10-8-13-26-28(22)32-27(21-36-25-16-14-24(31)15-17-25)34(26)19-7-5-6-11-23-12-9-18-33(20-23)29(35)37-30(2,3)4/h8,10,13-17,23H,5-7,9,11-12,18-21H2,1-4H3. The molecule has 0 bridgehead atoms. The zero-order chi connectivity index (χ0) is 26.4. The van der Waals surface area contributed by atoms with Gasteiger partial charge in [0, 0.05) is 24.7 Å². The van der Waals surface area contributed by atoms with Crippen LogP contribution in [0.5, 0.6) is 5.75 Å². The lowest BCUT2D eigenvalue weighted by Crippen LogP contribution is -2.42. The van der Waals surface area contributed by atoms with Crippen LogP contribution in [0, 0.1) is 12.8 Å². The van der Waals surface area contributed by atoms with Crippen molar-refractivity contribution in [2.75, 3.05) is 13.1 Å². The minimum absolute atomic E-state index is 0.173. The van der Waals surface area contributed by atoms with E-state index in [1.807, 2.05) is 49.9 Å². The van der Waals surface area contributed by atoms with Crippen LogP contribution in [-0.4, -0.2) is 39.2 Å². The first-order valence-corrected chi connectivity index (χ1v) is 13.9. The first kappa shape index (κ1) is 27.3. The van der Waals surface area contributed by atoms with Gasteiger partial charge in [-0.2, -0.15) is 0 Å². The van der Waals surface area contributed by atoms with Crippen molar-refractivity contribution in [3.63, 3.8) is 0 Å². The topological polar surface area (TPSA) is 56.6 Å². The summed E-state index contributed by atoms with van der Waals surface area (Å²) in [7, 11) is 0. The van der Waals surface area contributed by atoms with E-state index in [0.29, 0.717) is 17.5 Å². The average molecular weight is 526 g/mol. The van der Waals surface area contributed by atoms with Gasteiger partial charge < -0.3 is 18.9 Å². The van der Waals surface area contributed by atoms with Gasteiger partial charge >= 0.3 is 6.09 Å². The van der Waals surface area contributed by atoms with Crippen molar-refractivity contribution >= 4 is 28.7 Å². The van der Waals surface area contributed by atoms with Crippen molar-refractivity contribution in [2.24, 2.45) is 5.92 Å². The summed E-state index contributed by atoms with van der Waals surface area (Å²) in [4.78, 5) is 19.3. The number of benzene rings is 2. The lowest BCUT2D eigenvalue weighted by Gasteiger charge is -2.34. The number of carbonyl (C=O) groups is 1. The molecule has 1 unspecified atom stereocenters. The molecule has 200 valence electrons. The van der Waals surface area contributed by atoms with Crippen LogP contribution in [0.3, 0.4) is 0 Å². The Morgan fingerprint density at radius 2 is 1.89 bits per heavy atom. The number of fused-ring (bicyclic) bond motifs is 1. The number of piperidine rings is 1. The molecule has 1 aliphatic rings. The second-order valence-corrected chi connectivity index (χ2v) is 11.6. The molecule has 3 aromatic rings. The van der Waals surface area contributed by atoms with E-state index in [1.165, 1.54) is 12.0 Å². The van der Waals surface area contributed by atoms with Gasteiger partial charge in [0.15, 0.2) is 0 Å². The number of aromatic nitrogens is 2. The second-order valence-electron chi connectivity index (χ2n) is 11.1. The Kier molecular flexibility index (Phi) is 9.01. The Hall–Kier alpha value is -2.73. The van der Waals surface area contributed by atoms with Crippen LogP contribution in [-0.2, 0) is 17.9 Å². The number of ether oxygens (including phenoxy) is 2. The third-order valence-corrected chi connectivity index (χ3v) is 7.16. The van der Waals surface area contributed by atoms with Crippen molar-refractivity contribution in [3.05, 3.63) is 58.9 Å². The molecule has 37 heavy (non-hydrogen) atoms. The Morgan fingerprint density at radius 1 is 1.11 bits per heavy atom. The van der Waals surface area contributed by atoms with Crippen molar-refractivity contribution < 1.29 is 14.3 Å². The third kappa shape index (κ3) is 7.64. The molecule has 4 rings (SSSR count). The number of likely N-dealkylation sites (tertiary alicyclic amines) is 1. The van der Waals surface area contributed by atoms with E-state index in [9.17, 15) is 4.79 Å². The summed E-state index contributed by atoms with van der Waals surface area (Å²) in [6.07, 6.45) is 6.61. The number of amides is 1. The maximum absolute atomic E-state index is 12.5. The van der Waals surface area contributed by atoms with E-state index >= 15 is 0 Å². The number of aryl methyl sites for hydroxylation is 2. The number of unbranched alkanes of at least 4 members (excludes halogenated alkanes) is 2. The number of imidazole rings is 1. The Labute approximate surface area is 225 Å². The number of carbonyl (C=O) groups excluding carboxylic acids is 1. The van der Waals surface area contributed by atoms with Crippen LogP contribution >= 0.6 is 11.6 Å². The molecule has 7 heteroatoms. The molecule has 0 saturated carbocycles. The Morgan fingerprint density at radius 3 is 2.65 bits per heavy atom. The molecule has 1 amide bonds. The number of hydrogen-bond donors (Lipinski definition) is 0. The molecule has 1 atom stereocenters. The lowest BCUT2D eigenvalue weighted by atomic mass is 9.92. The average Bonchev–Trinajstić information content (AvgIpc) is 3.21. The maximum Gasteiger partial charge on any atom is 0.410 e. The zero-order valence-corrected chi connectivity index (χ0v) is 23.4. The molecular formula is C30H40ClN3O3. The van der Waals surface area contributed by atoms with E-state index in [2.05, 4.69) is 29.7 Å². The van der Waals surface area contributed by atoms with Crippen LogP contribution < -0.4 is 4.74 Å². The van der Waals surface area contributed by atoms with E-state index in [-0.39, 0.29) is 6.09 Å². The van der Waals surface area contributed by atoms with Crippen LogP contribution in [0.25, 0.3) is 11.0 Å². The van der Waals surface area contributed by atoms with Gasteiger partial charge in [0.1, 0.15) is 23.8 Å². The number of rotatable bonds is 9. The van der Waals surface area contributed by atoms with E-state index in [1.54, 1.807) is 0 Å². The van der Waals surface area contributed by atoms with Crippen LogP contribution in [0.4, 0.5) is 4.79 Å². The normalized spacial score (nSPS) is 16.2. The van der Waals surface area contributed by atoms with E-state index < -0.39 is 5.60 Å². The fourth-order valence-corrected chi connectivity index (χ4v) is 5.17. The first-order chi connectivity index (χ1) is 17.7. The van der Waals surface area contributed by atoms with E-state index in [4.69, 9.17) is 26.1 Å². The van der Waals surface area contributed by atoms with E-state index in [0.717, 1.165) is 74.3 Å². The van der Waals surface area contributed by atoms with Gasteiger partial charge in [0.05, 0.1) is 11.0 Å². The molecule has 2 heterocycles. The molecule has 2 aromatic carbocycles. The Bertz CT molecular complexity index is 1180. The predicted octanol–water partition coefficient (Wildman–Crippen LogP) is 7.78. The highest BCUT2D eigenvalue weighted by molar-refractivity contribution is 6.30. The highest BCUT2D eigenvalue weighted by atomic mass is 35.5. The number of halogens is 1. The molecule has 0 N–H and O–H groups in total. The lowest BCUT2D eigenvalue weighted by molar-refractivity contribution is 0.0160. The molecule has 6 nitrogen and oxygen atoms in total. The molecule has 1 fully saturated rings. The van der Waals surface area contributed by atoms with Crippen molar-refractivity contribution in [2.45, 2.75) is 85.0 Å². The molecule has 1 aromatic heterocycles. The molecule has 0 radical (unpaired) electrons. The largest absolute Gasteiger partial charge is 0.486 e. The summed E-state index contributed by atoms with van der Waals surface area (Å²) >= 11 is 6.01. The van der Waals surface area contributed by atoms with Crippen LogP contribution in [0.2, 0.25) is 5.02 Å². The highest BCUT2D eigenvalue weighted by Crippen LogP contribution is 2.25. The minimum Gasteiger partial charge on any atom is -0.486 e. The summed E-state index contributed by atoms with van der Waals surface area (Å²) in [5.74, 6) is 2.29. The van der Waals surface area contributed by atoms with Gasteiger partial charge in [-0.1, -0.05) is 36.6 Å². The summed E-state index contributed by atoms with van der Waals surface area (Å²) in [6.45, 7) is 10.8.